The molecule has 0 spiro atoms. The summed E-state index contributed by atoms with van der Waals surface area (Å²) in [5.41, 5.74) is 1.81. The van der Waals surface area contributed by atoms with E-state index < -0.39 is 11.2 Å². The number of rotatable bonds is 5. The summed E-state index contributed by atoms with van der Waals surface area (Å²) in [5, 5.41) is 3.56. The third-order valence-corrected chi connectivity index (χ3v) is 5.41. The van der Waals surface area contributed by atoms with E-state index in [9.17, 15) is 14.4 Å². The van der Waals surface area contributed by atoms with E-state index in [0.29, 0.717) is 21.6 Å². The van der Waals surface area contributed by atoms with Crippen molar-refractivity contribution in [3.8, 4) is 5.69 Å². The maximum Gasteiger partial charge on any atom is 0.336 e. The molecule has 0 saturated heterocycles. The van der Waals surface area contributed by atoms with E-state index in [4.69, 9.17) is 11.6 Å². The van der Waals surface area contributed by atoms with Crippen LogP contribution in [0.4, 0.5) is 0 Å². The first-order chi connectivity index (χ1) is 13.7. The van der Waals surface area contributed by atoms with Crippen molar-refractivity contribution >= 4 is 28.4 Å². The number of hydrogen-bond acceptors (Lipinski definition) is 3. The number of nitrogens with one attached hydrogen (secondary N) is 1. The molecule has 0 unspecified atom stereocenters. The molecule has 0 saturated carbocycles. The van der Waals surface area contributed by atoms with Crippen LogP contribution in [0.2, 0.25) is 5.02 Å². The predicted molar refractivity (Wildman–Crippen MR) is 116 cm³/mol. The average Bonchev–Trinajstić information content (AvgIpc) is 2.67. The molecule has 0 aliphatic heterocycles. The quantitative estimate of drug-likeness (QED) is 0.697. The summed E-state index contributed by atoms with van der Waals surface area (Å²) in [7, 11) is 0. The minimum Gasteiger partial charge on any atom is -0.352 e. The van der Waals surface area contributed by atoms with Gasteiger partial charge in [0.25, 0.3) is 5.56 Å². The lowest BCUT2D eigenvalue weighted by Crippen LogP contribution is -2.43. The fourth-order valence-corrected chi connectivity index (χ4v) is 3.32. The zero-order valence-electron chi connectivity index (χ0n) is 17.0. The first-order valence-corrected chi connectivity index (χ1v) is 9.92. The standard InChI is InChI=1S/C22H24ClN3O3/c1-5-15(4)24-20(27)12-25-19-11-16(23)7-9-18(19)21(28)26(22(25)29)17-8-6-13(2)14(3)10-17/h6-11,15H,5,12H2,1-4H3,(H,24,27)/t15-/m1/s1. The highest BCUT2D eigenvalue weighted by atomic mass is 35.5. The second-order valence-electron chi connectivity index (χ2n) is 7.32. The molecule has 152 valence electrons. The van der Waals surface area contributed by atoms with Crippen LogP contribution in [0.5, 0.6) is 0 Å². The lowest BCUT2D eigenvalue weighted by molar-refractivity contribution is -0.122. The Morgan fingerprint density at radius 3 is 2.48 bits per heavy atom. The molecule has 3 rings (SSSR count). The van der Waals surface area contributed by atoms with Crippen LogP contribution in [0.15, 0.2) is 46.0 Å². The summed E-state index contributed by atoms with van der Waals surface area (Å²) >= 11 is 6.11. The largest absolute Gasteiger partial charge is 0.352 e. The van der Waals surface area contributed by atoms with E-state index in [0.717, 1.165) is 22.1 Å². The molecule has 1 atom stereocenters. The van der Waals surface area contributed by atoms with E-state index in [-0.39, 0.29) is 18.5 Å². The van der Waals surface area contributed by atoms with Crippen molar-refractivity contribution in [2.24, 2.45) is 0 Å². The van der Waals surface area contributed by atoms with E-state index in [1.807, 2.05) is 33.8 Å². The summed E-state index contributed by atoms with van der Waals surface area (Å²) in [4.78, 5) is 38.9. The highest BCUT2D eigenvalue weighted by Crippen LogP contribution is 2.17. The SMILES string of the molecule is CC[C@@H](C)NC(=O)Cn1c(=O)n(-c2ccc(C)c(C)c2)c(=O)c2ccc(Cl)cc21. The van der Waals surface area contributed by atoms with Gasteiger partial charge in [-0.3, -0.25) is 14.2 Å². The molecule has 1 amide bonds. The van der Waals surface area contributed by atoms with Crippen molar-refractivity contribution < 1.29 is 4.79 Å². The lowest BCUT2D eigenvalue weighted by atomic mass is 10.1. The van der Waals surface area contributed by atoms with E-state index >= 15 is 0 Å². The molecule has 1 heterocycles. The summed E-state index contributed by atoms with van der Waals surface area (Å²) < 4.78 is 2.41. The number of amides is 1. The molecule has 3 aromatic rings. The number of carbonyl (C=O) groups excluding carboxylic acids is 1. The Labute approximate surface area is 173 Å². The lowest BCUT2D eigenvalue weighted by Gasteiger charge is -2.16. The molecule has 0 bridgehead atoms. The van der Waals surface area contributed by atoms with Crippen molar-refractivity contribution in [2.45, 2.75) is 46.7 Å². The number of benzene rings is 2. The van der Waals surface area contributed by atoms with Crippen molar-refractivity contribution in [2.75, 3.05) is 0 Å². The number of halogens is 1. The van der Waals surface area contributed by atoms with Gasteiger partial charge in [-0.05, 0) is 68.7 Å². The molecule has 7 heteroatoms. The fraction of sp³-hybridized carbons (Fsp3) is 0.318. The Kier molecular flexibility index (Phi) is 5.94. The van der Waals surface area contributed by atoms with Gasteiger partial charge in [-0.2, -0.15) is 0 Å². The normalized spacial score (nSPS) is 12.2. The first kappa shape index (κ1) is 20.9. The molecule has 6 nitrogen and oxygen atoms in total. The number of carbonyl (C=O) groups is 1. The number of fused-ring (bicyclic) bond motifs is 1. The summed E-state index contributed by atoms with van der Waals surface area (Å²) in [6.07, 6.45) is 0.773. The van der Waals surface area contributed by atoms with Gasteiger partial charge >= 0.3 is 5.69 Å². The molecule has 2 aromatic carbocycles. The maximum atomic E-state index is 13.3. The van der Waals surface area contributed by atoms with Gasteiger partial charge in [0, 0.05) is 11.1 Å². The number of aryl methyl sites for hydroxylation is 2. The molecular formula is C22H24ClN3O3. The first-order valence-electron chi connectivity index (χ1n) is 9.55. The van der Waals surface area contributed by atoms with Gasteiger partial charge in [0.2, 0.25) is 5.91 Å². The van der Waals surface area contributed by atoms with Gasteiger partial charge in [0.05, 0.1) is 16.6 Å². The van der Waals surface area contributed by atoms with Crippen LogP contribution in [0.3, 0.4) is 0 Å². The van der Waals surface area contributed by atoms with Crippen LogP contribution < -0.4 is 16.6 Å². The van der Waals surface area contributed by atoms with Gasteiger partial charge in [-0.25, -0.2) is 9.36 Å². The Hall–Kier alpha value is -2.86. The van der Waals surface area contributed by atoms with Gasteiger partial charge in [-0.15, -0.1) is 0 Å². The summed E-state index contributed by atoms with van der Waals surface area (Å²) in [5.74, 6) is -0.298. The molecule has 0 aliphatic carbocycles. The predicted octanol–water partition coefficient (Wildman–Crippen LogP) is 3.34. The zero-order chi connectivity index (χ0) is 21.3. The molecule has 29 heavy (non-hydrogen) atoms. The van der Waals surface area contributed by atoms with Crippen molar-refractivity contribution in [1.29, 1.82) is 0 Å². The Morgan fingerprint density at radius 2 is 1.83 bits per heavy atom. The molecular weight excluding hydrogens is 390 g/mol. The van der Waals surface area contributed by atoms with Gasteiger partial charge in [0.1, 0.15) is 6.54 Å². The van der Waals surface area contributed by atoms with Crippen LogP contribution >= 0.6 is 11.6 Å². The molecule has 0 radical (unpaired) electrons. The van der Waals surface area contributed by atoms with Gasteiger partial charge in [-0.1, -0.05) is 24.6 Å². The second-order valence-corrected chi connectivity index (χ2v) is 7.75. The van der Waals surface area contributed by atoms with Gasteiger partial charge < -0.3 is 5.32 Å². The number of aromatic nitrogens is 2. The molecule has 0 fully saturated rings. The minimum absolute atomic E-state index is 0.0151. The third kappa shape index (κ3) is 4.12. The Balaban J connectivity index is 2.27. The summed E-state index contributed by atoms with van der Waals surface area (Å²) in [6, 6.07) is 10.1. The van der Waals surface area contributed by atoms with Crippen LogP contribution in [-0.4, -0.2) is 21.1 Å². The zero-order valence-corrected chi connectivity index (χ0v) is 17.7. The second kappa shape index (κ2) is 8.25. The number of nitrogens with zero attached hydrogens (tertiary/aromatic N) is 2. The van der Waals surface area contributed by atoms with E-state index in [1.165, 1.54) is 4.57 Å². The summed E-state index contributed by atoms with van der Waals surface area (Å²) in [6.45, 7) is 7.54. The molecule has 1 N–H and O–H groups in total. The number of hydrogen-bond donors (Lipinski definition) is 1. The minimum atomic E-state index is -0.577. The molecule has 0 aliphatic rings. The maximum absolute atomic E-state index is 13.3. The van der Waals surface area contributed by atoms with E-state index in [2.05, 4.69) is 5.32 Å². The third-order valence-electron chi connectivity index (χ3n) is 5.18. The van der Waals surface area contributed by atoms with Crippen LogP contribution in [0.1, 0.15) is 31.4 Å². The van der Waals surface area contributed by atoms with Crippen LogP contribution in [0, 0.1) is 13.8 Å². The Morgan fingerprint density at radius 1 is 1.10 bits per heavy atom. The van der Waals surface area contributed by atoms with Crippen molar-refractivity contribution in [3.05, 3.63) is 73.4 Å². The highest BCUT2D eigenvalue weighted by Gasteiger charge is 2.18. The van der Waals surface area contributed by atoms with Crippen LogP contribution in [0.25, 0.3) is 16.6 Å². The van der Waals surface area contributed by atoms with E-state index in [1.54, 1.807) is 30.3 Å². The Bertz CT molecular complexity index is 1210. The molecule has 1 aromatic heterocycles. The smallest absolute Gasteiger partial charge is 0.336 e. The highest BCUT2D eigenvalue weighted by molar-refractivity contribution is 6.31. The topological polar surface area (TPSA) is 73.1 Å². The monoisotopic (exact) mass is 413 g/mol. The van der Waals surface area contributed by atoms with Crippen molar-refractivity contribution in [1.82, 2.24) is 14.5 Å². The fourth-order valence-electron chi connectivity index (χ4n) is 3.15. The average molecular weight is 414 g/mol. The van der Waals surface area contributed by atoms with Crippen molar-refractivity contribution in [3.63, 3.8) is 0 Å². The van der Waals surface area contributed by atoms with Gasteiger partial charge in [0.15, 0.2) is 0 Å². The van der Waals surface area contributed by atoms with Crippen LogP contribution in [-0.2, 0) is 11.3 Å².